The van der Waals surface area contributed by atoms with Crippen molar-refractivity contribution in [3.8, 4) is 5.75 Å². The number of hydrogen-bond acceptors (Lipinski definition) is 4. The zero-order valence-electron chi connectivity index (χ0n) is 6.36. The van der Waals surface area contributed by atoms with Crippen molar-refractivity contribution in [1.82, 2.24) is 4.98 Å². The lowest BCUT2D eigenvalue weighted by Crippen LogP contribution is -2.31. The van der Waals surface area contributed by atoms with Gasteiger partial charge in [0.25, 0.3) is 0 Å². The molecule has 0 spiro atoms. The van der Waals surface area contributed by atoms with Gasteiger partial charge in [-0.25, -0.2) is 4.98 Å². The van der Waals surface area contributed by atoms with Crippen molar-refractivity contribution < 1.29 is 14.8 Å². The van der Waals surface area contributed by atoms with Crippen LogP contribution in [0.25, 0.3) is 0 Å². The number of aromatic nitrogens is 1. The van der Waals surface area contributed by atoms with E-state index in [9.17, 15) is 0 Å². The van der Waals surface area contributed by atoms with Crippen LogP contribution in [0.4, 0.5) is 0 Å². The van der Waals surface area contributed by atoms with Crippen molar-refractivity contribution in [3.05, 3.63) is 17.4 Å². The number of halogens is 1. The van der Waals surface area contributed by atoms with Crippen LogP contribution in [0.2, 0.25) is 5.15 Å². The number of ether oxygens (including phenoxy) is 1. The highest BCUT2D eigenvalue weighted by Gasteiger charge is 2.17. The molecule has 1 aromatic heterocycles. The average molecular weight is 187 g/mol. The van der Waals surface area contributed by atoms with E-state index in [0.717, 1.165) is 0 Å². The van der Waals surface area contributed by atoms with Crippen molar-refractivity contribution in [2.24, 2.45) is 0 Å². The molecule has 1 rings (SSSR count). The maximum atomic E-state index is 8.85. The van der Waals surface area contributed by atoms with Gasteiger partial charge in [-0.1, -0.05) is 11.6 Å². The number of methoxy groups -OCH3 is 1. The first-order chi connectivity index (χ1) is 5.65. The fourth-order valence-electron chi connectivity index (χ4n) is 0.804. The topological polar surface area (TPSA) is 62.6 Å². The molecule has 1 aromatic rings. The molecule has 0 fully saturated rings. The summed E-state index contributed by atoms with van der Waals surface area (Å²) in [5, 5.41) is 17.9. The fraction of sp³-hybridized carbons (Fsp3) is 0.167. The summed E-state index contributed by atoms with van der Waals surface area (Å²) in [5.74, 6) is 0.300. The van der Waals surface area contributed by atoms with Gasteiger partial charge in [-0.15, -0.1) is 0 Å². The van der Waals surface area contributed by atoms with E-state index in [-0.39, 0.29) is 10.6 Å². The first-order valence-corrected chi connectivity index (χ1v) is 3.58. The van der Waals surface area contributed by atoms with E-state index in [2.05, 4.69) is 4.98 Å². The van der Waals surface area contributed by atoms with Crippen LogP contribution < -0.4 is 10.2 Å². The molecule has 6 heteroatoms. The van der Waals surface area contributed by atoms with Gasteiger partial charge >= 0.3 is 7.12 Å². The summed E-state index contributed by atoms with van der Waals surface area (Å²) in [7, 11) is -0.183. The van der Waals surface area contributed by atoms with E-state index in [1.54, 1.807) is 0 Å². The maximum Gasteiger partial charge on any atom is 0.492 e. The molecular formula is C6H7BClNO3. The highest BCUT2D eigenvalue weighted by molar-refractivity contribution is 6.60. The molecule has 0 bridgehead atoms. The van der Waals surface area contributed by atoms with Gasteiger partial charge in [0, 0.05) is 5.46 Å². The summed E-state index contributed by atoms with van der Waals surface area (Å²) >= 11 is 5.53. The minimum Gasteiger partial charge on any atom is -0.496 e. The number of hydrogen-bond donors (Lipinski definition) is 2. The highest BCUT2D eigenvalue weighted by Crippen LogP contribution is 2.09. The molecule has 2 N–H and O–H groups in total. The molecule has 0 aliphatic heterocycles. The SMILES string of the molecule is COc1cnc(Cl)cc1B(O)O. The second kappa shape index (κ2) is 3.75. The van der Waals surface area contributed by atoms with Gasteiger partial charge in [0.15, 0.2) is 0 Å². The monoisotopic (exact) mass is 187 g/mol. The van der Waals surface area contributed by atoms with Gasteiger partial charge in [0.2, 0.25) is 0 Å². The molecule has 0 amide bonds. The van der Waals surface area contributed by atoms with Crippen molar-refractivity contribution >= 4 is 24.2 Å². The van der Waals surface area contributed by atoms with E-state index in [1.165, 1.54) is 19.4 Å². The molecule has 0 aliphatic rings. The molecule has 64 valence electrons. The molecule has 1 heterocycles. The third-order valence-corrected chi connectivity index (χ3v) is 1.57. The third-order valence-electron chi connectivity index (χ3n) is 1.36. The number of pyridine rings is 1. The lowest BCUT2D eigenvalue weighted by atomic mass is 9.80. The summed E-state index contributed by atoms with van der Waals surface area (Å²) in [6, 6.07) is 1.34. The fourth-order valence-corrected chi connectivity index (χ4v) is 0.970. The average Bonchev–Trinajstić information content (AvgIpc) is 2.04. The van der Waals surface area contributed by atoms with Crippen LogP contribution in [0.15, 0.2) is 12.3 Å². The third kappa shape index (κ3) is 1.88. The molecular weight excluding hydrogens is 180 g/mol. The molecule has 0 aliphatic carbocycles. The highest BCUT2D eigenvalue weighted by atomic mass is 35.5. The molecule has 0 radical (unpaired) electrons. The lowest BCUT2D eigenvalue weighted by molar-refractivity contribution is 0.402. The van der Waals surface area contributed by atoms with E-state index < -0.39 is 7.12 Å². The summed E-state index contributed by atoms with van der Waals surface area (Å²) in [6.45, 7) is 0. The summed E-state index contributed by atoms with van der Waals surface area (Å²) in [6.07, 6.45) is 1.33. The van der Waals surface area contributed by atoms with Crippen molar-refractivity contribution in [1.29, 1.82) is 0 Å². The molecule has 0 atom stereocenters. The predicted octanol–water partition coefficient (Wildman–Crippen LogP) is -0.577. The Hall–Kier alpha value is -0.775. The number of rotatable bonds is 2. The number of nitrogens with zero attached hydrogens (tertiary/aromatic N) is 1. The van der Waals surface area contributed by atoms with Crippen molar-refractivity contribution in [2.75, 3.05) is 7.11 Å². The van der Waals surface area contributed by atoms with Crippen LogP contribution in [0.5, 0.6) is 5.75 Å². The Kier molecular flexibility index (Phi) is 2.91. The maximum absolute atomic E-state index is 8.85. The van der Waals surface area contributed by atoms with Crippen LogP contribution in [0.1, 0.15) is 0 Å². The second-order valence-corrected chi connectivity index (χ2v) is 2.51. The predicted molar refractivity (Wildman–Crippen MR) is 45.6 cm³/mol. The largest absolute Gasteiger partial charge is 0.496 e. The first-order valence-electron chi connectivity index (χ1n) is 3.20. The Morgan fingerprint density at radius 2 is 2.25 bits per heavy atom. The van der Waals surface area contributed by atoms with Crippen LogP contribution in [-0.4, -0.2) is 29.3 Å². The molecule has 0 unspecified atom stereocenters. The van der Waals surface area contributed by atoms with E-state index >= 15 is 0 Å². The summed E-state index contributed by atoms with van der Waals surface area (Å²) in [4.78, 5) is 3.71. The first kappa shape index (κ1) is 9.31. The Morgan fingerprint density at radius 1 is 1.58 bits per heavy atom. The van der Waals surface area contributed by atoms with Crippen molar-refractivity contribution in [3.63, 3.8) is 0 Å². The zero-order chi connectivity index (χ0) is 9.14. The van der Waals surface area contributed by atoms with Gasteiger partial charge in [0.05, 0.1) is 13.3 Å². The van der Waals surface area contributed by atoms with E-state index in [0.29, 0.717) is 5.75 Å². The molecule has 4 nitrogen and oxygen atoms in total. The Balaban J connectivity index is 3.12. The van der Waals surface area contributed by atoms with Gasteiger partial charge in [0.1, 0.15) is 10.9 Å². The standard InChI is InChI=1S/C6H7BClNO3/c1-12-5-3-9-6(8)2-4(5)7(10)11/h2-3,10-11H,1H3. The molecule has 0 aromatic carbocycles. The van der Waals surface area contributed by atoms with Gasteiger partial charge < -0.3 is 14.8 Å². The van der Waals surface area contributed by atoms with Crippen molar-refractivity contribution in [2.45, 2.75) is 0 Å². The Morgan fingerprint density at radius 3 is 2.75 bits per heavy atom. The molecule has 0 saturated heterocycles. The quantitative estimate of drug-likeness (QED) is 0.480. The normalized spacial score (nSPS) is 9.67. The van der Waals surface area contributed by atoms with E-state index in [1.807, 2.05) is 0 Å². The Labute approximate surface area is 74.9 Å². The van der Waals surface area contributed by atoms with E-state index in [4.69, 9.17) is 26.4 Å². The van der Waals surface area contributed by atoms with Gasteiger partial charge in [-0.05, 0) is 6.07 Å². The smallest absolute Gasteiger partial charge is 0.492 e. The van der Waals surface area contributed by atoms with Crippen LogP contribution >= 0.6 is 11.6 Å². The lowest BCUT2D eigenvalue weighted by Gasteiger charge is -2.06. The van der Waals surface area contributed by atoms with Crippen LogP contribution in [0.3, 0.4) is 0 Å². The summed E-state index contributed by atoms with van der Waals surface area (Å²) < 4.78 is 4.82. The second-order valence-electron chi connectivity index (χ2n) is 2.12. The molecule has 0 saturated carbocycles. The Bertz CT molecular complexity index is 281. The zero-order valence-corrected chi connectivity index (χ0v) is 7.12. The minimum atomic E-state index is -1.60. The summed E-state index contributed by atoms with van der Waals surface area (Å²) in [5.41, 5.74) is 0.206. The van der Waals surface area contributed by atoms with Crippen LogP contribution in [-0.2, 0) is 0 Å². The molecule has 12 heavy (non-hydrogen) atoms. The van der Waals surface area contributed by atoms with Gasteiger partial charge in [-0.3, -0.25) is 0 Å². The van der Waals surface area contributed by atoms with Gasteiger partial charge in [-0.2, -0.15) is 0 Å². The minimum absolute atomic E-state index is 0.193. The van der Waals surface area contributed by atoms with Crippen LogP contribution in [0, 0.1) is 0 Å².